The second-order valence-electron chi connectivity index (χ2n) is 18.5. The van der Waals surface area contributed by atoms with Crippen molar-refractivity contribution in [1.82, 2.24) is 64.9 Å². The summed E-state index contributed by atoms with van der Waals surface area (Å²) in [6.45, 7) is 13.5. The average Bonchev–Trinajstić information content (AvgIpc) is 4.23. The van der Waals surface area contributed by atoms with Crippen LogP contribution in [0.3, 0.4) is 0 Å². The zero-order chi connectivity index (χ0) is 53.0. The van der Waals surface area contributed by atoms with Gasteiger partial charge >= 0.3 is 0 Å². The Morgan fingerprint density at radius 2 is 1.70 bits per heavy atom. The number of aliphatic imine (C=N–C) groups is 1. The van der Waals surface area contributed by atoms with E-state index in [2.05, 4.69) is 58.5 Å². The maximum absolute atomic E-state index is 15.7. The van der Waals surface area contributed by atoms with Gasteiger partial charge in [0.05, 0.1) is 39.5 Å². The first-order valence-corrected chi connectivity index (χ1v) is 24.6. The molecule has 0 aliphatic carbocycles. The minimum atomic E-state index is -0.379. The van der Waals surface area contributed by atoms with Crippen LogP contribution in [0.2, 0.25) is 0 Å². The number of fused-ring (bicyclic) bond motifs is 3. The Kier molecular flexibility index (Phi) is 14.2. The lowest BCUT2D eigenvalue weighted by molar-refractivity contribution is 0.425. The van der Waals surface area contributed by atoms with Crippen molar-refractivity contribution in [3.63, 3.8) is 0 Å². The van der Waals surface area contributed by atoms with E-state index < -0.39 is 0 Å². The van der Waals surface area contributed by atoms with Crippen LogP contribution in [0.25, 0.3) is 89.9 Å². The van der Waals surface area contributed by atoms with Gasteiger partial charge in [-0.15, -0.1) is 5.10 Å². The molecule has 17 nitrogen and oxygen atoms in total. The maximum Gasteiger partial charge on any atom is 0.178 e. The first-order valence-electron chi connectivity index (χ1n) is 24.6. The standard InChI is InChI=1S/C57H55F2N17/c1-8-12-42(36-27-39(59)30-41(29-36)62-21-23-74(5)6)49-33(4)65-57(68-49)54-52-48(17-16-46(67-52)44(10-3)63-19-9-2)76(73-54)75(7)22-11-13-34-24-35(26-38(58)25-34)43-18-20-64-55-50(43)69-56(70-55)53-51-47(71-72-53)15-14-45(66-51)37-28-40(60)32-61-31-37/h8-10,12,14-20,24-32,62H,1-2,11,13,21-23,60H2,3-7H3,(H,65,68)(H,71,72)(H,64,69,70)/b42-12-,44-10-,63-19?. The van der Waals surface area contributed by atoms with Crippen LogP contribution >= 0.6 is 0 Å². The number of pyridine rings is 4. The Hall–Kier alpha value is -9.49. The summed E-state index contributed by atoms with van der Waals surface area (Å²) in [6.07, 6.45) is 14.8. The Bertz CT molecular complexity index is 3910. The van der Waals surface area contributed by atoms with Gasteiger partial charge in [-0.2, -0.15) is 9.89 Å². The molecular weight excluding hydrogens is 961 g/mol. The molecule has 10 aromatic rings. The van der Waals surface area contributed by atoms with Crippen LogP contribution in [0.15, 0.2) is 134 Å². The number of hydrogen-bond acceptors (Lipinski definition) is 13. The van der Waals surface area contributed by atoms with E-state index in [9.17, 15) is 0 Å². The molecule has 0 unspecified atom stereocenters. The number of allylic oxidation sites excluding steroid dienone is 4. The number of benzene rings is 2. The fraction of sp³-hybridized carbons (Fsp3) is 0.175. The summed E-state index contributed by atoms with van der Waals surface area (Å²) >= 11 is 0. The van der Waals surface area contributed by atoms with Crippen molar-refractivity contribution in [2.75, 3.05) is 56.8 Å². The van der Waals surface area contributed by atoms with Crippen LogP contribution in [0, 0.1) is 18.6 Å². The van der Waals surface area contributed by atoms with Crippen molar-refractivity contribution in [1.29, 1.82) is 0 Å². The van der Waals surface area contributed by atoms with E-state index in [4.69, 9.17) is 30.8 Å². The Morgan fingerprint density at radius 3 is 2.50 bits per heavy atom. The number of imidazole rings is 2. The van der Waals surface area contributed by atoms with E-state index in [0.717, 1.165) is 40.0 Å². The molecule has 8 heterocycles. The second-order valence-corrected chi connectivity index (χ2v) is 18.5. The smallest absolute Gasteiger partial charge is 0.178 e. The number of nitrogens with two attached hydrogens (primary N) is 1. The van der Waals surface area contributed by atoms with Gasteiger partial charge in [-0.1, -0.05) is 43.5 Å². The fourth-order valence-corrected chi connectivity index (χ4v) is 9.15. The summed E-state index contributed by atoms with van der Waals surface area (Å²) in [4.78, 5) is 44.0. The van der Waals surface area contributed by atoms with Crippen molar-refractivity contribution in [3.05, 3.63) is 169 Å². The van der Waals surface area contributed by atoms with Crippen molar-refractivity contribution >= 4 is 62.1 Å². The van der Waals surface area contributed by atoms with Gasteiger partial charge in [0.1, 0.15) is 28.2 Å². The molecule has 19 heteroatoms. The van der Waals surface area contributed by atoms with Crippen LogP contribution < -0.4 is 16.1 Å². The molecule has 2 aromatic carbocycles. The number of halogens is 2. The number of rotatable bonds is 19. The van der Waals surface area contributed by atoms with Crippen LogP contribution in [0.5, 0.6) is 0 Å². The molecule has 10 rings (SSSR count). The van der Waals surface area contributed by atoms with Crippen LogP contribution in [0.1, 0.15) is 41.6 Å². The van der Waals surface area contributed by atoms with E-state index in [-0.39, 0.29) is 11.6 Å². The van der Waals surface area contributed by atoms with E-state index >= 15 is 8.78 Å². The number of nitrogen functional groups attached to an aromatic ring is 1. The third kappa shape index (κ3) is 10.4. The average molecular weight is 1020 g/mol. The van der Waals surface area contributed by atoms with E-state index in [1.54, 1.807) is 43.0 Å². The highest BCUT2D eigenvalue weighted by molar-refractivity contribution is 5.95. The number of aromatic nitrogens is 12. The third-order valence-corrected chi connectivity index (χ3v) is 12.7. The fourth-order valence-electron chi connectivity index (χ4n) is 9.15. The van der Waals surface area contributed by atoms with Gasteiger partial charge in [0.15, 0.2) is 28.7 Å². The molecule has 0 saturated heterocycles. The monoisotopic (exact) mass is 1020 g/mol. The van der Waals surface area contributed by atoms with Gasteiger partial charge in [0, 0.05) is 79.6 Å². The quantitative estimate of drug-likeness (QED) is 0.0378. The molecule has 0 spiro atoms. The molecule has 0 atom stereocenters. The summed E-state index contributed by atoms with van der Waals surface area (Å²) in [5, 5.41) is 18.1. The summed E-state index contributed by atoms with van der Waals surface area (Å²) < 4.78 is 30.9. The highest BCUT2D eigenvalue weighted by atomic mass is 19.1. The predicted octanol–water partition coefficient (Wildman–Crippen LogP) is 10.3. The normalized spacial score (nSPS) is 12.3. The topological polar surface area (TPSA) is 212 Å². The van der Waals surface area contributed by atoms with Crippen molar-refractivity contribution in [3.8, 4) is 45.4 Å². The number of anilines is 2. The largest absolute Gasteiger partial charge is 0.397 e. The molecule has 76 heavy (non-hydrogen) atoms. The molecular formula is C57H55F2N17. The number of H-pyrrole nitrogens is 3. The summed E-state index contributed by atoms with van der Waals surface area (Å²) in [5.41, 5.74) is 19.5. The number of nitrogens with zero attached hydrogens (tertiary/aromatic N) is 12. The lowest BCUT2D eigenvalue weighted by Crippen LogP contribution is -2.32. The first-order chi connectivity index (χ1) is 36.9. The van der Waals surface area contributed by atoms with Gasteiger partial charge in [0.2, 0.25) is 0 Å². The molecule has 0 radical (unpaired) electrons. The van der Waals surface area contributed by atoms with Crippen LogP contribution in [0.4, 0.5) is 20.2 Å². The lowest BCUT2D eigenvalue weighted by atomic mass is 10.00. The Morgan fingerprint density at radius 1 is 0.855 bits per heavy atom. The zero-order valence-corrected chi connectivity index (χ0v) is 42.7. The lowest BCUT2D eigenvalue weighted by Gasteiger charge is -2.20. The minimum absolute atomic E-state index is 0.368. The van der Waals surface area contributed by atoms with Crippen molar-refractivity contribution < 1.29 is 8.78 Å². The highest BCUT2D eigenvalue weighted by Gasteiger charge is 2.24. The van der Waals surface area contributed by atoms with E-state index in [1.807, 2.05) is 105 Å². The molecule has 0 fully saturated rings. The summed E-state index contributed by atoms with van der Waals surface area (Å²) in [5.74, 6) is 0.182. The SMILES string of the molecule is C=CC=N/C(=C\C)c1ccc2c(n1)c(-c1nc(/C(=C\C=C)c3cc(F)cc(NCCN(C)C)c3)c(C)[nH]1)nn2N(C)CCCc1cc(F)cc(-c2ccnc3nc(-c4n[nH]c5ccc(-c6cncc(N)c6)nc45)[nH]c23)c1. The maximum atomic E-state index is 15.7. The van der Waals surface area contributed by atoms with Crippen molar-refractivity contribution in [2.24, 2.45) is 4.99 Å². The van der Waals surface area contributed by atoms with Gasteiger partial charge in [-0.3, -0.25) is 20.1 Å². The number of nitrogens with one attached hydrogen (secondary N) is 4. The zero-order valence-electron chi connectivity index (χ0n) is 42.7. The molecule has 0 amide bonds. The molecule has 0 saturated carbocycles. The number of hydrogen-bond donors (Lipinski definition) is 5. The molecule has 0 aliphatic rings. The summed E-state index contributed by atoms with van der Waals surface area (Å²) in [6, 6.07) is 21.3. The summed E-state index contributed by atoms with van der Waals surface area (Å²) in [7, 11) is 5.93. The number of aromatic amines is 3. The van der Waals surface area contributed by atoms with Gasteiger partial charge in [-0.05, 0) is 124 Å². The first kappa shape index (κ1) is 50.1. The molecule has 0 bridgehead atoms. The molecule has 8 aromatic heterocycles. The van der Waals surface area contributed by atoms with Gasteiger partial charge < -0.3 is 25.9 Å². The van der Waals surface area contributed by atoms with Gasteiger partial charge in [-0.25, -0.2) is 33.7 Å². The Balaban J connectivity index is 0.927. The Labute approximate surface area is 436 Å². The number of aryl methyl sites for hydroxylation is 2. The minimum Gasteiger partial charge on any atom is -0.397 e. The van der Waals surface area contributed by atoms with Crippen molar-refractivity contribution in [2.45, 2.75) is 26.7 Å². The molecule has 0 aliphatic heterocycles. The predicted molar refractivity (Wildman–Crippen MR) is 300 cm³/mol. The van der Waals surface area contributed by atoms with E-state index in [1.165, 1.54) is 18.2 Å². The molecule has 6 N–H and O–H groups in total. The molecule has 382 valence electrons. The second kappa shape index (κ2) is 21.5. The van der Waals surface area contributed by atoms with Gasteiger partial charge in [0.25, 0.3) is 0 Å². The highest BCUT2D eigenvalue weighted by Crippen LogP contribution is 2.35. The third-order valence-electron chi connectivity index (χ3n) is 12.7. The number of likely N-dealkylation sites (N-methyl/N-ethyl adjacent to an activating group) is 1. The van der Waals surface area contributed by atoms with Crippen LogP contribution in [-0.2, 0) is 6.42 Å². The van der Waals surface area contributed by atoms with Crippen LogP contribution in [-0.4, -0.2) is 112 Å². The van der Waals surface area contributed by atoms with E-state index in [0.29, 0.717) is 122 Å².